The van der Waals surface area contributed by atoms with Crippen LogP contribution in [0.15, 0.2) is 342 Å². The number of anilines is 2. The topological polar surface area (TPSA) is 383 Å². The predicted octanol–water partition coefficient (Wildman–Crippen LogP) is 19.9. The SMILES string of the molecule is CC/C=C/c1ccccc1.CC[C@@H](O)[C@H](NS(=O)(=O)c1ccc(C)cc1)c1ccccc1.CC[C@H]1[C@@H](c2ccccc2)N1S(=O)(=O)c1ccc(C)cc1.CC[C@H]1[C@H](c2ccccc2)N(c2ccc(Oc3ccc(Cl)cc3)cc2)C(=O)N1S(=O)(=O)c1ccc(C)cc1.C[C@@H]1NC(=O)N(c2ccc(Oc3ccc(Cl)cc3)cc2)[C@H]1c1ccccc1.O=C=O.O=C=O.O=C=O.O=C=O.O=C=O. The summed E-state index contributed by atoms with van der Waals surface area (Å²) in [7, 11) is -11.2. The number of hydrogen-bond donors (Lipinski definition) is 3. The monoisotopic (exact) mass is 1900 g/mol. The van der Waals surface area contributed by atoms with Gasteiger partial charge in [0.25, 0.3) is 10.0 Å². The average molecular weight is 1900 g/mol. The molecule has 1 unspecified atom stereocenters. The Labute approximate surface area is 783 Å². The molecule has 0 aromatic heterocycles. The minimum atomic E-state index is -4.09. The van der Waals surface area contributed by atoms with Crippen LogP contribution in [0.2, 0.25) is 10.0 Å². The summed E-state index contributed by atoms with van der Waals surface area (Å²) in [5.41, 5.74) is 9.45. The van der Waals surface area contributed by atoms with Gasteiger partial charge in [0, 0.05) is 27.5 Å². The Bertz CT molecular complexity index is 6120. The van der Waals surface area contributed by atoms with E-state index in [2.05, 4.69) is 53.4 Å². The highest BCUT2D eigenvalue weighted by atomic mass is 35.5. The van der Waals surface area contributed by atoms with Gasteiger partial charge >= 0.3 is 42.8 Å². The van der Waals surface area contributed by atoms with Gasteiger partial charge in [0.2, 0.25) is 20.0 Å². The third-order valence-electron chi connectivity index (χ3n) is 20.2. The van der Waals surface area contributed by atoms with Crippen LogP contribution >= 0.6 is 23.2 Å². The Morgan fingerprint density at radius 3 is 1.11 bits per heavy atom. The van der Waals surface area contributed by atoms with Gasteiger partial charge in [-0.2, -0.15) is 52.3 Å². The van der Waals surface area contributed by atoms with Crippen LogP contribution in [0, 0.1) is 20.8 Å². The number of rotatable bonds is 23. The van der Waals surface area contributed by atoms with E-state index in [1.807, 2.05) is 212 Å². The second kappa shape index (κ2) is 55.0. The highest BCUT2D eigenvalue weighted by Gasteiger charge is 2.55. The lowest BCUT2D eigenvalue weighted by Gasteiger charge is -2.27. The molecule has 12 aromatic rings. The van der Waals surface area contributed by atoms with Gasteiger partial charge in [-0.25, -0.2) is 43.9 Å². The number of aryl methyl sites for hydroxylation is 3. The molecule has 0 aliphatic carbocycles. The van der Waals surface area contributed by atoms with Crippen LogP contribution in [0.5, 0.6) is 23.0 Å². The maximum Gasteiger partial charge on any atom is 0.373 e. The van der Waals surface area contributed by atoms with Crippen molar-refractivity contribution in [3.63, 3.8) is 0 Å². The molecule has 3 fully saturated rings. The standard InChI is InChI=1S/C30H27ClN2O4S.C22H19ClN2O2.C17H21NO3S.C17H19NO2S.C10H12.5CO2/c1-3-28-29(22-7-5-4-6-8-22)32(30(34)33(28)38(35,36)27-19-9-21(2)10-20-27)24-13-17-26(18-14-24)37-25-15-11-23(31)12-16-25;1-15-21(16-5-3-2-4-6-16)25(22(26)24-15)18-9-13-20(14-10-18)27-19-11-7-17(23)8-12-19;1-3-16(19)17(14-7-5-4-6-8-14)18-22(20,21)15-11-9-13(2)10-12-15;1-3-16-17(14-7-5-4-6-8-14)18(16)21(19,20)15-11-9-13(2)10-12-15;1-2-3-7-10-8-5-4-6-9-10;5*2-1-3/h4-20,28-29H,3H2,1-2H3;2-15,21H,1H3,(H,24,26);4-12,16-19H,3H2,1-2H3;4-12,16-17H,3H2,1-2H3;3-9H,2H2,1H3;;;;;/b;;;;7-3+;;;;;/t28-,29-;15-,21+;16-,17-;16-,17+,18?;;;;;;/m0010....../s1. The number of aliphatic hydroxyl groups is 1. The van der Waals surface area contributed by atoms with E-state index in [-0.39, 0.29) is 70.7 Å². The fraction of sp³-hybridized carbons (Fsp3) is 0.198. The van der Waals surface area contributed by atoms with E-state index in [4.69, 9.17) is 80.6 Å². The Balaban J connectivity index is 0.000000255. The van der Waals surface area contributed by atoms with Gasteiger partial charge in [-0.3, -0.25) is 9.80 Å². The van der Waals surface area contributed by atoms with Crippen molar-refractivity contribution in [3.05, 3.63) is 382 Å². The molecule has 3 N–H and O–H groups in total. The summed E-state index contributed by atoms with van der Waals surface area (Å²) < 4.78 is 95.3. The smallest absolute Gasteiger partial charge is 0.373 e. The number of ether oxygens (including phenoxy) is 2. The molecule has 0 saturated carbocycles. The number of aliphatic hydroxyl groups excluding tert-OH is 1. The number of urea groups is 2. The average Bonchev–Trinajstić information content (AvgIpc) is 1.56. The molecule has 12 aromatic carbocycles. The van der Waals surface area contributed by atoms with E-state index in [0.29, 0.717) is 56.5 Å². The number of halogens is 2. The molecular weight excluding hydrogens is 1800 g/mol. The number of hydrogen-bond acceptors (Lipinski definition) is 21. The second-order valence-electron chi connectivity index (χ2n) is 29.1. The number of carbonyl (C=O) groups excluding carboxylic acids is 12. The summed E-state index contributed by atoms with van der Waals surface area (Å²) in [4.78, 5) is 112. The summed E-state index contributed by atoms with van der Waals surface area (Å²) in [6, 6.07) is 95.6. The van der Waals surface area contributed by atoms with Crippen molar-refractivity contribution in [3.8, 4) is 23.0 Å². The zero-order valence-electron chi connectivity index (χ0n) is 73.6. The Morgan fingerprint density at radius 2 is 0.744 bits per heavy atom. The molecule has 3 heterocycles. The summed E-state index contributed by atoms with van der Waals surface area (Å²) in [6.45, 7) is 15.7. The molecule has 690 valence electrons. The summed E-state index contributed by atoms with van der Waals surface area (Å²) >= 11 is 11.9. The Hall–Kier alpha value is -14.3. The van der Waals surface area contributed by atoms with Gasteiger partial charge in [0.15, 0.2) is 0 Å². The van der Waals surface area contributed by atoms with Crippen molar-refractivity contribution >= 4 is 114 Å². The van der Waals surface area contributed by atoms with Crippen molar-refractivity contribution in [2.24, 2.45) is 0 Å². The van der Waals surface area contributed by atoms with Crippen LogP contribution in [0.1, 0.15) is 129 Å². The van der Waals surface area contributed by atoms with E-state index in [0.717, 1.165) is 61.8 Å². The van der Waals surface area contributed by atoms with Crippen LogP contribution in [-0.2, 0) is 78.0 Å². The normalized spacial score (nSPS) is 16.3. The first-order valence-electron chi connectivity index (χ1n) is 41.3. The lowest BCUT2D eigenvalue weighted by Crippen LogP contribution is -2.40. The largest absolute Gasteiger partial charge is 0.457 e. The molecule has 0 bridgehead atoms. The number of nitrogens with zero attached hydrogens (tertiary/aromatic N) is 4. The van der Waals surface area contributed by atoms with Gasteiger partial charge in [0.1, 0.15) is 23.0 Å². The molecule has 0 spiro atoms. The predicted molar refractivity (Wildman–Crippen MR) is 498 cm³/mol. The Kier molecular flexibility index (Phi) is 44.5. The Morgan fingerprint density at radius 1 is 0.414 bits per heavy atom. The van der Waals surface area contributed by atoms with Gasteiger partial charge < -0.3 is 19.9 Å². The molecule has 32 heteroatoms. The van der Waals surface area contributed by atoms with Crippen molar-refractivity contribution in [2.75, 3.05) is 9.80 Å². The number of benzene rings is 12. The molecule has 9 atom stereocenters. The van der Waals surface area contributed by atoms with Crippen LogP contribution in [0.4, 0.5) is 21.0 Å². The minimum Gasteiger partial charge on any atom is -0.457 e. The second-order valence-corrected chi connectivity index (χ2v) is 35.3. The highest BCUT2D eigenvalue weighted by molar-refractivity contribution is 7.90. The molecular formula is C101H98Cl2N6O21S3. The quantitative estimate of drug-likeness (QED) is 0.0501. The zero-order chi connectivity index (χ0) is 97.6. The van der Waals surface area contributed by atoms with E-state index >= 15 is 0 Å². The van der Waals surface area contributed by atoms with E-state index in [1.54, 1.807) is 148 Å². The van der Waals surface area contributed by atoms with Crippen LogP contribution < -0.4 is 29.3 Å². The van der Waals surface area contributed by atoms with Gasteiger partial charge in [-0.15, -0.1) is 0 Å². The third kappa shape index (κ3) is 31.8. The van der Waals surface area contributed by atoms with E-state index in [9.17, 15) is 39.9 Å². The molecule has 27 nitrogen and oxygen atoms in total. The number of allylic oxidation sites excluding steroid dienone is 1. The number of sulfonamides is 3. The molecule has 4 amide bonds. The summed E-state index contributed by atoms with van der Waals surface area (Å²) in [6.07, 6.45) is 7.60. The number of amides is 4. The fourth-order valence-electron chi connectivity index (χ4n) is 14.0. The van der Waals surface area contributed by atoms with Crippen molar-refractivity contribution in [1.82, 2.24) is 18.6 Å². The minimum absolute atomic E-state index is 0.0184. The van der Waals surface area contributed by atoms with Crippen molar-refractivity contribution < 1.29 is 97.4 Å². The zero-order valence-corrected chi connectivity index (χ0v) is 77.5. The van der Waals surface area contributed by atoms with Crippen molar-refractivity contribution in [2.45, 2.75) is 144 Å². The molecule has 15 rings (SSSR count). The molecule has 0 radical (unpaired) electrons. The fourth-order valence-corrected chi connectivity index (χ4v) is 19.0. The maximum absolute atomic E-state index is 14.0. The molecule has 133 heavy (non-hydrogen) atoms. The van der Waals surface area contributed by atoms with Crippen molar-refractivity contribution in [1.29, 1.82) is 0 Å². The van der Waals surface area contributed by atoms with Crippen LogP contribution in [-0.4, -0.2) is 106 Å². The third-order valence-corrected chi connectivity index (χ3v) is 25.9. The lowest BCUT2D eigenvalue weighted by atomic mass is 9.97. The van der Waals surface area contributed by atoms with E-state index < -0.39 is 60.3 Å². The number of nitrogens with one attached hydrogen (secondary N) is 2. The highest BCUT2D eigenvalue weighted by Crippen LogP contribution is 2.50. The first-order chi connectivity index (χ1) is 63.9. The van der Waals surface area contributed by atoms with Gasteiger partial charge in [0.05, 0.1) is 57.0 Å². The number of carbonyl (C=O) groups is 2. The van der Waals surface area contributed by atoms with Gasteiger partial charge in [-0.1, -0.05) is 268 Å². The molecule has 3 saturated heterocycles. The van der Waals surface area contributed by atoms with E-state index in [1.165, 1.54) is 5.56 Å². The summed E-state index contributed by atoms with van der Waals surface area (Å²) in [5, 5.41) is 14.5. The first-order valence-corrected chi connectivity index (χ1v) is 46.4. The molecule has 3 aliphatic rings. The first kappa shape index (κ1) is 107. The maximum atomic E-state index is 14.0. The van der Waals surface area contributed by atoms with Crippen LogP contribution in [0.3, 0.4) is 0 Å². The van der Waals surface area contributed by atoms with Crippen LogP contribution in [0.25, 0.3) is 6.08 Å². The molecule has 3 aliphatic heterocycles. The van der Waals surface area contributed by atoms with Gasteiger partial charge in [-0.05, 0) is 215 Å². The lowest BCUT2D eigenvalue weighted by molar-refractivity contribution is -0.193. The summed E-state index contributed by atoms with van der Waals surface area (Å²) in [5.74, 6) is 2.62.